The van der Waals surface area contributed by atoms with Crippen LogP contribution in [0.15, 0.2) is 6.20 Å². The molecular formula is C11H18N4. The van der Waals surface area contributed by atoms with E-state index < -0.39 is 0 Å². The van der Waals surface area contributed by atoms with Crippen LogP contribution in [-0.2, 0) is 13.1 Å². The molecule has 1 heterocycles. The average Bonchev–Trinajstić information content (AvgIpc) is 2.89. The van der Waals surface area contributed by atoms with Crippen molar-refractivity contribution in [1.82, 2.24) is 20.3 Å². The minimum Gasteiger partial charge on any atom is -0.308 e. The summed E-state index contributed by atoms with van der Waals surface area (Å²) in [5.74, 6) is 0.857. The molecule has 2 aliphatic rings. The Morgan fingerprint density at radius 3 is 2.87 bits per heavy atom. The first-order valence-electron chi connectivity index (χ1n) is 6.02. The monoisotopic (exact) mass is 206 g/mol. The van der Waals surface area contributed by atoms with E-state index in [2.05, 4.69) is 21.8 Å². The highest BCUT2D eigenvalue weighted by Crippen LogP contribution is 2.27. The first-order chi connectivity index (χ1) is 7.40. The third kappa shape index (κ3) is 2.37. The van der Waals surface area contributed by atoms with E-state index in [0.29, 0.717) is 0 Å². The van der Waals surface area contributed by atoms with Crippen molar-refractivity contribution in [3.8, 4) is 0 Å². The Morgan fingerprint density at radius 1 is 1.33 bits per heavy atom. The summed E-state index contributed by atoms with van der Waals surface area (Å²) in [6, 6.07) is 0.752. The minimum absolute atomic E-state index is 0.752. The van der Waals surface area contributed by atoms with Gasteiger partial charge in [-0.3, -0.25) is 4.68 Å². The Kier molecular flexibility index (Phi) is 2.44. The molecule has 0 aromatic carbocycles. The van der Waals surface area contributed by atoms with Crippen molar-refractivity contribution < 1.29 is 0 Å². The van der Waals surface area contributed by atoms with Gasteiger partial charge in [-0.1, -0.05) is 11.6 Å². The molecule has 3 rings (SSSR count). The van der Waals surface area contributed by atoms with Crippen LogP contribution in [0.3, 0.4) is 0 Å². The fraction of sp³-hybridized carbons (Fsp3) is 0.818. The first-order valence-corrected chi connectivity index (χ1v) is 6.02. The molecule has 1 aromatic rings. The van der Waals surface area contributed by atoms with Crippen LogP contribution < -0.4 is 5.32 Å². The molecule has 1 aromatic heterocycles. The first kappa shape index (κ1) is 9.33. The van der Waals surface area contributed by atoms with Gasteiger partial charge in [0.25, 0.3) is 0 Å². The van der Waals surface area contributed by atoms with Gasteiger partial charge in [-0.2, -0.15) is 0 Å². The predicted octanol–water partition coefficient (Wildman–Crippen LogP) is 1.33. The Hall–Kier alpha value is -0.900. The quantitative estimate of drug-likeness (QED) is 0.790. The highest BCUT2D eigenvalue weighted by molar-refractivity contribution is 4.94. The lowest BCUT2D eigenvalue weighted by atomic mass is 9.85. The number of aromatic nitrogens is 3. The molecule has 0 atom stereocenters. The van der Waals surface area contributed by atoms with Gasteiger partial charge in [0, 0.05) is 25.3 Å². The van der Waals surface area contributed by atoms with E-state index in [1.54, 1.807) is 0 Å². The summed E-state index contributed by atoms with van der Waals surface area (Å²) in [7, 11) is 0. The molecule has 0 spiro atoms. The number of hydrogen-bond donors (Lipinski definition) is 1. The average molecular weight is 206 g/mol. The lowest BCUT2D eigenvalue weighted by molar-refractivity contribution is 0.264. The fourth-order valence-corrected chi connectivity index (χ4v) is 1.99. The maximum Gasteiger partial charge on any atom is 0.0964 e. The molecule has 0 aliphatic heterocycles. The molecule has 0 saturated heterocycles. The van der Waals surface area contributed by atoms with Gasteiger partial charge >= 0.3 is 0 Å². The number of rotatable bonds is 5. The second-order valence-corrected chi connectivity index (χ2v) is 4.88. The highest BCUT2D eigenvalue weighted by atomic mass is 15.4. The second-order valence-electron chi connectivity index (χ2n) is 4.88. The van der Waals surface area contributed by atoms with Crippen molar-refractivity contribution in [2.45, 2.75) is 51.2 Å². The van der Waals surface area contributed by atoms with Gasteiger partial charge in [-0.15, -0.1) is 5.10 Å². The van der Waals surface area contributed by atoms with Crippen molar-refractivity contribution in [2.75, 3.05) is 0 Å². The molecule has 15 heavy (non-hydrogen) atoms. The van der Waals surface area contributed by atoms with E-state index >= 15 is 0 Å². The van der Waals surface area contributed by atoms with Gasteiger partial charge in [0.1, 0.15) is 0 Å². The lowest BCUT2D eigenvalue weighted by Crippen LogP contribution is -2.18. The molecule has 4 heteroatoms. The van der Waals surface area contributed by atoms with Gasteiger partial charge < -0.3 is 5.32 Å². The van der Waals surface area contributed by atoms with Crippen LogP contribution in [0.5, 0.6) is 0 Å². The largest absolute Gasteiger partial charge is 0.308 e. The van der Waals surface area contributed by atoms with Crippen molar-refractivity contribution in [1.29, 1.82) is 0 Å². The fourth-order valence-electron chi connectivity index (χ4n) is 1.99. The van der Waals surface area contributed by atoms with E-state index in [1.807, 2.05) is 4.68 Å². The third-order valence-corrected chi connectivity index (χ3v) is 3.41. The number of nitrogens with one attached hydrogen (secondary N) is 1. The molecule has 2 fully saturated rings. The summed E-state index contributed by atoms with van der Waals surface area (Å²) in [5.41, 5.74) is 1.08. The molecule has 82 valence electrons. The molecule has 2 saturated carbocycles. The van der Waals surface area contributed by atoms with Crippen LogP contribution in [0.2, 0.25) is 0 Å². The van der Waals surface area contributed by atoms with Gasteiger partial charge in [-0.25, -0.2) is 0 Å². The maximum atomic E-state index is 4.18. The van der Waals surface area contributed by atoms with Crippen LogP contribution in [0.25, 0.3) is 0 Å². The molecule has 4 nitrogen and oxygen atoms in total. The van der Waals surface area contributed by atoms with Crippen molar-refractivity contribution >= 4 is 0 Å². The predicted molar refractivity (Wildman–Crippen MR) is 57.2 cm³/mol. The Morgan fingerprint density at radius 2 is 2.20 bits per heavy atom. The van der Waals surface area contributed by atoms with Crippen molar-refractivity contribution in [3.63, 3.8) is 0 Å². The van der Waals surface area contributed by atoms with E-state index in [1.165, 1.54) is 32.1 Å². The zero-order valence-corrected chi connectivity index (χ0v) is 9.02. The zero-order valence-electron chi connectivity index (χ0n) is 9.02. The molecule has 0 unspecified atom stereocenters. The molecule has 0 bridgehead atoms. The Bertz CT molecular complexity index is 325. The standard InChI is InChI=1S/C11H18N4/c1-2-9(3-1)7-15-8-11(13-14-15)6-12-10-4-5-10/h8-10,12H,1-7H2. The van der Waals surface area contributed by atoms with E-state index in [0.717, 1.165) is 30.7 Å². The van der Waals surface area contributed by atoms with Crippen LogP contribution in [0.4, 0.5) is 0 Å². The molecule has 2 aliphatic carbocycles. The van der Waals surface area contributed by atoms with Crippen molar-refractivity contribution in [3.05, 3.63) is 11.9 Å². The normalized spacial score (nSPS) is 21.6. The smallest absolute Gasteiger partial charge is 0.0964 e. The summed E-state index contributed by atoms with van der Waals surface area (Å²) < 4.78 is 2.01. The Labute approximate surface area is 90.0 Å². The minimum atomic E-state index is 0.752. The van der Waals surface area contributed by atoms with Gasteiger partial charge in [0.2, 0.25) is 0 Å². The summed E-state index contributed by atoms with van der Waals surface area (Å²) in [5, 5.41) is 11.8. The summed E-state index contributed by atoms with van der Waals surface area (Å²) >= 11 is 0. The third-order valence-electron chi connectivity index (χ3n) is 3.41. The van der Waals surface area contributed by atoms with Crippen LogP contribution >= 0.6 is 0 Å². The highest BCUT2D eigenvalue weighted by Gasteiger charge is 2.21. The SMILES string of the molecule is c1c(CNC2CC2)nnn1CC1CCC1. The maximum absolute atomic E-state index is 4.18. The van der Waals surface area contributed by atoms with E-state index in [9.17, 15) is 0 Å². The summed E-state index contributed by atoms with van der Waals surface area (Å²) in [6.45, 7) is 1.95. The Balaban J connectivity index is 1.50. The van der Waals surface area contributed by atoms with Crippen LogP contribution in [-0.4, -0.2) is 21.0 Å². The summed E-state index contributed by atoms with van der Waals surface area (Å²) in [6.07, 6.45) is 8.89. The summed E-state index contributed by atoms with van der Waals surface area (Å²) in [4.78, 5) is 0. The lowest BCUT2D eigenvalue weighted by Gasteiger charge is -2.24. The topological polar surface area (TPSA) is 42.7 Å². The van der Waals surface area contributed by atoms with Crippen molar-refractivity contribution in [2.24, 2.45) is 5.92 Å². The zero-order chi connectivity index (χ0) is 10.1. The molecule has 1 N–H and O–H groups in total. The molecule has 0 amide bonds. The molecular weight excluding hydrogens is 188 g/mol. The number of hydrogen-bond acceptors (Lipinski definition) is 3. The number of nitrogens with zero attached hydrogens (tertiary/aromatic N) is 3. The van der Waals surface area contributed by atoms with Gasteiger partial charge in [0.05, 0.1) is 5.69 Å². The molecule has 0 radical (unpaired) electrons. The van der Waals surface area contributed by atoms with E-state index in [-0.39, 0.29) is 0 Å². The second kappa shape index (κ2) is 3.93. The van der Waals surface area contributed by atoms with E-state index in [4.69, 9.17) is 0 Å². The van der Waals surface area contributed by atoms with Gasteiger partial charge in [-0.05, 0) is 31.6 Å². The van der Waals surface area contributed by atoms with Crippen LogP contribution in [0, 0.1) is 5.92 Å². The van der Waals surface area contributed by atoms with Gasteiger partial charge in [0.15, 0.2) is 0 Å². The van der Waals surface area contributed by atoms with Crippen LogP contribution in [0.1, 0.15) is 37.8 Å².